The van der Waals surface area contributed by atoms with E-state index >= 15 is 0 Å². The minimum atomic E-state index is -0.200. The molecule has 0 aliphatic carbocycles. The molecule has 7 heteroatoms. The molecule has 0 radical (unpaired) electrons. The minimum absolute atomic E-state index is 0.200. The Bertz CT molecular complexity index is 1260. The van der Waals surface area contributed by atoms with E-state index in [0.29, 0.717) is 35.6 Å². The summed E-state index contributed by atoms with van der Waals surface area (Å²) in [7, 11) is 1.64. The average molecular weight is 460 g/mol. The maximum atomic E-state index is 13.2. The number of fused-ring (bicyclic) bond motifs is 2. The molecule has 0 aliphatic rings. The van der Waals surface area contributed by atoms with Crippen molar-refractivity contribution >= 4 is 33.9 Å². The molecule has 4 rings (SSSR count). The Hall–Kier alpha value is -3.61. The zero-order valence-corrected chi connectivity index (χ0v) is 20.0. The van der Waals surface area contributed by atoms with Gasteiger partial charge in [-0.3, -0.25) is 4.79 Å². The number of benzene rings is 2. The van der Waals surface area contributed by atoms with Crippen LogP contribution in [0.5, 0.6) is 5.75 Å². The predicted octanol–water partition coefficient (Wildman–Crippen LogP) is 5.31. The maximum Gasteiger partial charge on any atom is 0.257 e. The lowest BCUT2D eigenvalue weighted by Crippen LogP contribution is -2.25. The highest BCUT2D eigenvalue weighted by molar-refractivity contribution is 6.10. The number of methoxy groups -OCH3 is 1. The van der Waals surface area contributed by atoms with E-state index in [4.69, 9.17) is 20.4 Å². The number of rotatable bonds is 11. The molecule has 4 aromatic rings. The molecule has 0 bridgehead atoms. The van der Waals surface area contributed by atoms with E-state index in [1.54, 1.807) is 7.11 Å². The zero-order chi connectivity index (χ0) is 23.9. The van der Waals surface area contributed by atoms with E-state index in [2.05, 4.69) is 12.2 Å². The van der Waals surface area contributed by atoms with E-state index < -0.39 is 0 Å². The van der Waals surface area contributed by atoms with Crippen molar-refractivity contribution in [3.05, 3.63) is 59.7 Å². The molecule has 2 heterocycles. The lowest BCUT2D eigenvalue weighted by Gasteiger charge is -2.09. The number of carbonyl (C=O) groups excluding carboxylic acids is 1. The largest absolute Gasteiger partial charge is 0.497 e. The third-order valence-corrected chi connectivity index (χ3v) is 6.13. The Morgan fingerprint density at radius 2 is 1.65 bits per heavy atom. The molecule has 34 heavy (non-hydrogen) atoms. The maximum absolute atomic E-state index is 13.2. The van der Waals surface area contributed by atoms with Gasteiger partial charge in [0.15, 0.2) is 5.65 Å². The number of anilines is 1. The quantitative estimate of drug-likeness (QED) is 0.296. The van der Waals surface area contributed by atoms with Crippen molar-refractivity contribution in [2.75, 3.05) is 19.4 Å². The monoisotopic (exact) mass is 459 g/mol. The molecule has 178 valence electrons. The first-order chi connectivity index (χ1) is 16.6. The number of nitrogens with one attached hydrogen (secondary N) is 1. The van der Waals surface area contributed by atoms with Crippen LogP contribution in [0.4, 0.5) is 5.82 Å². The first kappa shape index (κ1) is 23.5. The van der Waals surface area contributed by atoms with Crippen molar-refractivity contribution in [2.45, 2.75) is 52.0 Å². The molecule has 0 saturated carbocycles. The van der Waals surface area contributed by atoms with Gasteiger partial charge in [0.1, 0.15) is 22.6 Å². The second-order valence-corrected chi connectivity index (χ2v) is 8.60. The number of para-hydroxylation sites is 2. The van der Waals surface area contributed by atoms with E-state index in [1.165, 1.54) is 25.7 Å². The highest BCUT2D eigenvalue weighted by Crippen LogP contribution is 2.29. The fourth-order valence-corrected chi connectivity index (χ4v) is 4.21. The van der Waals surface area contributed by atoms with Crippen LogP contribution in [0.1, 0.15) is 61.4 Å². The molecule has 1 amide bonds. The van der Waals surface area contributed by atoms with E-state index in [0.717, 1.165) is 35.2 Å². The number of aromatic nitrogens is 3. The summed E-state index contributed by atoms with van der Waals surface area (Å²) in [6.07, 6.45) is 7.01. The van der Waals surface area contributed by atoms with Crippen molar-refractivity contribution in [3.8, 4) is 5.75 Å². The molecule has 0 aliphatic heterocycles. The van der Waals surface area contributed by atoms with Crippen LogP contribution in [-0.2, 0) is 6.54 Å². The van der Waals surface area contributed by atoms with Crippen LogP contribution in [0.3, 0.4) is 0 Å². The number of nitrogens with two attached hydrogens (primary N) is 1. The Labute approximate surface area is 200 Å². The van der Waals surface area contributed by atoms with Gasteiger partial charge in [0.2, 0.25) is 0 Å². The molecule has 2 aromatic heterocycles. The fraction of sp³-hybridized carbons (Fsp3) is 0.370. The average Bonchev–Trinajstić information content (AvgIpc) is 3.12. The summed E-state index contributed by atoms with van der Waals surface area (Å²) < 4.78 is 7.14. The van der Waals surface area contributed by atoms with Crippen LogP contribution in [0.2, 0.25) is 0 Å². The fourth-order valence-electron chi connectivity index (χ4n) is 4.21. The number of unbranched alkanes of at least 4 members (excludes halogenated alkanes) is 5. The standard InChI is InChI=1S/C27H33N5O2/c1-3-4-5-6-7-10-17-29-27(33)23-24-26(31-22-12-9-8-11-21(22)30-24)32(25(23)28)18-19-13-15-20(34-2)16-14-19/h8-9,11-16H,3-7,10,17-18,28H2,1-2H3,(H,29,33). The van der Waals surface area contributed by atoms with Gasteiger partial charge in [-0.1, -0.05) is 63.3 Å². The molecule has 0 fully saturated rings. The van der Waals surface area contributed by atoms with Crippen LogP contribution in [0.25, 0.3) is 22.2 Å². The molecular formula is C27H33N5O2. The van der Waals surface area contributed by atoms with Crippen LogP contribution in [0, 0.1) is 0 Å². The number of hydrogen-bond donors (Lipinski definition) is 2. The van der Waals surface area contributed by atoms with Crippen molar-refractivity contribution < 1.29 is 9.53 Å². The van der Waals surface area contributed by atoms with E-state index in [1.807, 2.05) is 53.1 Å². The Balaban J connectivity index is 1.63. The van der Waals surface area contributed by atoms with Gasteiger partial charge < -0.3 is 20.4 Å². The summed E-state index contributed by atoms with van der Waals surface area (Å²) in [5, 5.41) is 3.05. The number of nitrogen functional groups attached to an aromatic ring is 1. The SMILES string of the molecule is CCCCCCCCNC(=O)c1c(N)n(Cc2ccc(OC)cc2)c2nc3ccccc3nc12. The number of amides is 1. The van der Waals surface area contributed by atoms with E-state index in [-0.39, 0.29) is 5.91 Å². The molecular weight excluding hydrogens is 426 g/mol. The second kappa shape index (κ2) is 11.0. The third-order valence-electron chi connectivity index (χ3n) is 6.13. The van der Waals surface area contributed by atoms with Crippen LogP contribution < -0.4 is 15.8 Å². The van der Waals surface area contributed by atoms with Gasteiger partial charge in [-0.05, 0) is 36.2 Å². The highest BCUT2D eigenvalue weighted by atomic mass is 16.5. The third kappa shape index (κ3) is 5.14. The van der Waals surface area contributed by atoms with Gasteiger partial charge in [0.25, 0.3) is 5.91 Å². The first-order valence-electron chi connectivity index (χ1n) is 12.1. The summed E-state index contributed by atoms with van der Waals surface area (Å²) in [6, 6.07) is 15.4. The summed E-state index contributed by atoms with van der Waals surface area (Å²) in [5.74, 6) is 0.963. The number of nitrogens with zero attached hydrogens (tertiary/aromatic N) is 3. The van der Waals surface area contributed by atoms with E-state index in [9.17, 15) is 4.79 Å². The van der Waals surface area contributed by atoms with Crippen molar-refractivity contribution in [3.63, 3.8) is 0 Å². The molecule has 3 N–H and O–H groups in total. The predicted molar refractivity (Wildman–Crippen MR) is 137 cm³/mol. The van der Waals surface area contributed by atoms with Gasteiger partial charge in [-0.25, -0.2) is 9.97 Å². The Kier molecular flexibility index (Phi) is 7.62. The van der Waals surface area contributed by atoms with Gasteiger partial charge in [0, 0.05) is 6.54 Å². The summed E-state index contributed by atoms with van der Waals surface area (Å²) in [5.41, 5.74) is 10.6. The van der Waals surface area contributed by atoms with Gasteiger partial charge in [-0.15, -0.1) is 0 Å². The van der Waals surface area contributed by atoms with Crippen molar-refractivity contribution in [2.24, 2.45) is 0 Å². The molecule has 0 unspecified atom stereocenters. The molecule has 0 saturated heterocycles. The number of carbonyl (C=O) groups is 1. The minimum Gasteiger partial charge on any atom is -0.497 e. The second-order valence-electron chi connectivity index (χ2n) is 8.60. The Morgan fingerprint density at radius 3 is 2.35 bits per heavy atom. The Morgan fingerprint density at radius 1 is 0.971 bits per heavy atom. The van der Waals surface area contributed by atoms with Crippen LogP contribution >= 0.6 is 0 Å². The molecule has 2 aromatic carbocycles. The highest BCUT2D eigenvalue weighted by Gasteiger charge is 2.24. The number of ether oxygens (including phenoxy) is 1. The van der Waals surface area contributed by atoms with Crippen molar-refractivity contribution in [1.82, 2.24) is 19.9 Å². The summed E-state index contributed by atoms with van der Waals surface area (Å²) in [4.78, 5) is 22.8. The summed E-state index contributed by atoms with van der Waals surface area (Å²) >= 11 is 0. The van der Waals surface area contributed by atoms with Crippen LogP contribution in [-0.4, -0.2) is 34.1 Å². The molecule has 0 atom stereocenters. The molecule has 0 spiro atoms. The number of hydrogen-bond acceptors (Lipinski definition) is 5. The topological polar surface area (TPSA) is 95.1 Å². The summed E-state index contributed by atoms with van der Waals surface area (Å²) in [6.45, 7) is 3.31. The van der Waals surface area contributed by atoms with Gasteiger partial charge in [-0.2, -0.15) is 0 Å². The normalized spacial score (nSPS) is 11.2. The first-order valence-corrected chi connectivity index (χ1v) is 12.1. The lowest BCUT2D eigenvalue weighted by molar-refractivity contribution is 0.0955. The lowest BCUT2D eigenvalue weighted by atomic mass is 10.1. The van der Waals surface area contributed by atoms with Crippen molar-refractivity contribution in [1.29, 1.82) is 0 Å². The van der Waals surface area contributed by atoms with Gasteiger partial charge in [0.05, 0.1) is 24.7 Å². The van der Waals surface area contributed by atoms with Crippen LogP contribution in [0.15, 0.2) is 48.5 Å². The zero-order valence-electron chi connectivity index (χ0n) is 20.0. The smallest absolute Gasteiger partial charge is 0.257 e. The van der Waals surface area contributed by atoms with Gasteiger partial charge >= 0.3 is 0 Å². The molecule has 7 nitrogen and oxygen atoms in total.